The lowest BCUT2D eigenvalue weighted by atomic mass is 10.0. The molecule has 1 atom stereocenters. The summed E-state index contributed by atoms with van der Waals surface area (Å²) in [6, 6.07) is 5.12. The van der Waals surface area contributed by atoms with E-state index in [1.54, 1.807) is 6.20 Å². The number of H-pyrrole nitrogens is 1. The lowest BCUT2D eigenvalue weighted by molar-refractivity contribution is -0.117. The van der Waals surface area contributed by atoms with Crippen molar-refractivity contribution >= 4 is 22.5 Å². The number of rotatable bonds is 4. The van der Waals surface area contributed by atoms with Crippen molar-refractivity contribution in [3.63, 3.8) is 0 Å². The normalized spacial score (nSPS) is 12.9. The molecule has 0 spiro atoms. The second-order valence-corrected chi connectivity index (χ2v) is 4.90. The van der Waals surface area contributed by atoms with Gasteiger partial charge in [0.05, 0.1) is 17.8 Å². The van der Waals surface area contributed by atoms with Crippen LogP contribution in [0.1, 0.15) is 20.3 Å². The molecule has 0 bridgehead atoms. The Hall–Kier alpha value is -1.88. The van der Waals surface area contributed by atoms with Crippen molar-refractivity contribution in [1.29, 1.82) is 0 Å². The third-order valence-electron chi connectivity index (χ3n) is 2.77. The Morgan fingerprint density at radius 3 is 3.00 bits per heavy atom. The standard InChI is InChI=1S/C13H18N4O/c1-8(2)5-11(14)13(18)16-10-3-4-12-9(6-10)7-15-17-12/h3-4,6-8,11H,5,14H2,1-2H3,(H,15,17)(H,16,18)/t11-/m0/s1. The Kier molecular flexibility index (Phi) is 3.62. The number of anilines is 1. The summed E-state index contributed by atoms with van der Waals surface area (Å²) < 4.78 is 0. The number of benzene rings is 1. The number of amides is 1. The van der Waals surface area contributed by atoms with Gasteiger partial charge in [-0.15, -0.1) is 0 Å². The van der Waals surface area contributed by atoms with Crippen molar-refractivity contribution in [2.45, 2.75) is 26.3 Å². The second kappa shape index (κ2) is 5.18. The zero-order chi connectivity index (χ0) is 13.1. The number of carbonyl (C=O) groups excluding carboxylic acids is 1. The Labute approximate surface area is 106 Å². The van der Waals surface area contributed by atoms with Crippen molar-refractivity contribution in [1.82, 2.24) is 10.2 Å². The van der Waals surface area contributed by atoms with Crippen LogP contribution >= 0.6 is 0 Å². The fourth-order valence-electron chi connectivity index (χ4n) is 1.87. The van der Waals surface area contributed by atoms with Crippen LogP contribution in [0.5, 0.6) is 0 Å². The van der Waals surface area contributed by atoms with Crippen LogP contribution in [0.25, 0.3) is 10.9 Å². The summed E-state index contributed by atoms with van der Waals surface area (Å²) in [5.74, 6) is 0.258. The lowest BCUT2D eigenvalue weighted by Gasteiger charge is -2.14. The largest absolute Gasteiger partial charge is 0.325 e. The number of fused-ring (bicyclic) bond motifs is 1. The SMILES string of the molecule is CC(C)C[C@H](N)C(=O)Nc1ccc2[nH]ncc2c1. The molecule has 0 unspecified atom stereocenters. The number of nitrogens with zero attached hydrogens (tertiary/aromatic N) is 1. The summed E-state index contributed by atoms with van der Waals surface area (Å²) >= 11 is 0. The van der Waals surface area contributed by atoms with E-state index in [9.17, 15) is 4.79 Å². The number of aromatic nitrogens is 2. The molecule has 0 saturated carbocycles. The van der Waals surface area contributed by atoms with E-state index >= 15 is 0 Å². The highest BCUT2D eigenvalue weighted by molar-refractivity contribution is 5.96. The minimum atomic E-state index is -0.468. The van der Waals surface area contributed by atoms with E-state index in [0.29, 0.717) is 12.3 Å². The number of aromatic amines is 1. The summed E-state index contributed by atoms with van der Waals surface area (Å²) in [7, 11) is 0. The van der Waals surface area contributed by atoms with Crippen LogP contribution in [0.3, 0.4) is 0 Å². The third-order valence-corrected chi connectivity index (χ3v) is 2.77. The maximum absolute atomic E-state index is 11.9. The summed E-state index contributed by atoms with van der Waals surface area (Å²) in [6.45, 7) is 4.09. The van der Waals surface area contributed by atoms with Crippen LogP contribution in [0.15, 0.2) is 24.4 Å². The lowest BCUT2D eigenvalue weighted by Crippen LogP contribution is -2.36. The molecule has 5 nitrogen and oxygen atoms in total. The van der Waals surface area contributed by atoms with Crippen molar-refractivity contribution in [3.8, 4) is 0 Å². The first-order valence-corrected chi connectivity index (χ1v) is 6.06. The molecule has 1 heterocycles. The summed E-state index contributed by atoms with van der Waals surface area (Å²) in [4.78, 5) is 11.9. The summed E-state index contributed by atoms with van der Waals surface area (Å²) in [5, 5.41) is 10.6. The van der Waals surface area contributed by atoms with Gasteiger partial charge in [0, 0.05) is 11.1 Å². The average molecular weight is 246 g/mol. The van der Waals surface area contributed by atoms with Crippen LogP contribution < -0.4 is 11.1 Å². The van der Waals surface area contributed by atoms with Crippen molar-refractivity contribution < 1.29 is 4.79 Å². The molecule has 18 heavy (non-hydrogen) atoms. The molecule has 96 valence electrons. The molecule has 0 saturated heterocycles. The Balaban J connectivity index is 2.06. The van der Waals surface area contributed by atoms with E-state index < -0.39 is 6.04 Å². The van der Waals surface area contributed by atoms with E-state index in [-0.39, 0.29) is 5.91 Å². The smallest absolute Gasteiger partial charge is 0.241 e. The van der Waals surface area contributed by atoms with E-state index in [0.717, 1.165) is 16.6 Å². The van der Waals surface area contributed by atoms with Gasteiger partial charge in [0.15, 0.2) is 0 Å². The molecule has 0 aliphatic rings. The highest BCUT2D eigenvalue weighted by atomic mass is 16.2. The van der Waals surface area contributed by atoms with Crippen LogP contribution in [-0.2, 0) is 4.79 Å². The molecule has 0 radical (unpaired) electrons. The first-order chi connectivity index (χ1) is 8.56. The van der Waals surface area contributed by atoms with E-state index in [1.807, 2.05) is 32.0 Å². The first-order valence-electron chi connectivity index (χ1n) is 6.06. The predicted octanol–water partition coefficient (Wildman–Crippen LogP) is 1.87. The van der Waals surface area contributed by atoms with Crippen LogP contribution in [0, 0.1) is 5.92 Å². The van der Waals surface area contributed by atoms with Crippen molar-refractivity contribution in [2.24, 2.45) is 11.7 Å². The molecule has 2 rings (SSSR count). The van der Waals surface area contributed by atoms with E-state index in [1.165, 1.54) is 0 Å². The van der Waals surface area contributed by atoms with Gasteiger partial charge in [0.25, 0.3) is 0 Å². The van der Waals surface area contributed by atoms with Gasteiger partial charge in [0.2, 0.25) is 5.91 Å². The minimum Gasteiger partial charge on any atom is -0.325 e. The van der Waals surface area contributed by atoms with E-state index in [4.69, 9.17) is 5.73 Å². The summed E-state index contributed by atoms with van der Waals surface area (Å²) in [5.41, 5.74) is 7.52. The van der Waals surface area contributed by atoms with Crippen LogP contribution in [0.2, 0.25) is 0 Å². The number of hydrogen-bond acceptors (Lipinski definition) is 3. The molecule has 5 heteroatoms. The average Bonchev–Trinajstić information content (AvgIpc) is 2.75. The minimum absolute atomic E-state index is 0.147. The highest BCUT2D eigenvalue weighted by Crippen LogP contribution is 2.17. The van der Waals surface area contributed by atoms with Crippen molar-refractivity contribution in [3.05, 3.63) is 24.4 Å². The molecule has 1 aromatic carbocycles. The maximum Gasteiger partial charge on any atom is 0.241 e. The Morgan fingerprint density at radius 1 is 1.50 bits per heavy atom. The van der Waals surface area contributed by atoms with Gasteiger partial charge in [-0.3, -0.25) is 9.89 Å². The zero-order valence-electron chi connectivity index (χ0n) is 10.6. The number of carbonyl (C=O) groups is 1. The number of hydrogen-bond donors (Lipinski definition) is 3. The summed E-state index contributed by atoms with van der Waals surface area (Å²) in [6.07, 6.45) is 2.40. The Bertz CT molecular complexity index is 547. The molecular weight excluding hydrogens is 228 g/mol. The molecule has 0 fully saturated rings. The molecular formula is C13H18N4O. The van der Waals surface area contributed by atoms with Gasteiger partial charge >= 0.3 is 0 Å². The predicted molar refractivity (Wildman–Crippen MR) is 72.2 cm³/mol. The van der Waals surface area contributed by atoms with Crippen LogP contribution in [-0.4, -0.2) is 22.1 Å². The molecule has 2 aromatic rings. The maximum atomic E-state index is 11.9. The third kappa shape index (κ3) is 2.87. The van der Waals surface area contributed by atoms with Gasteiger partial charge in [-0.1, -0.05) is 13.8 Å². The van der Waals surface area contributed by atoms with Gasteiger partial charge in [-0.05, 0) is 30.5 Å². The second-order valence-electron chi connectivity index (χ2n) is 4.90. The van der Waals surface area contributed by atoms with Crippen LogP contribution in [0.4, 0.5) is 5.69 Å². The van der Waals surface area contributed by atoms with Gasteiger partial charge in [-0.2, -0.15) is 5.10 Å². The van der Waals surface area contributed by atoms with Gasteiger partial charge in [-0.25, -0.2) is 0 Å². The van der Waals surface area contributed by atoms with Crippen molar-refractivity contribution in [2.75, 3.05) is 5.32 Å². The quantitative estimate of drug-likeness (QED) is 0.770. The monoisotopic (exact) mass is 246 g/mol. The van der Waals surface area contributed by atoms with E-state index in [2.05, 4.69) is 15.5 Å². The molecule has 1 amide bonds. The molecule has 4 N–H and O–H groups in total. The van der Waals surface area contributed by atoms with Gasteiger partial charge in [0.1, 0.15) is 0 Å². The number of nitrogens with two attached hydrogens (primary N) is 1. The first kappa shape index (κ1) is 12.6. The topological polar surface area (TPSA) is 83.8 Å². The molecule has 0 aliphatic carbocycles. The fraction of sp³-hybridized carbons (Fsp3) is 0.385. The fourth-order valence-corrected chi connectivity index (χ4v) is 1.87. The van der Waals surface area contributed by atoms with Gasteiger partial charge < -0.3 is 11.1 Å². The molecule has 0 aliphatic heterocycles. The Morgan fingerprint density at radius 2 is 2.28 bits per heavy atom. The zero-order valence-corrected chi connectivity index (χ0v) is 10.6. The highest BCUT2D eigenvalue weighted by Gasteiger charge is 2.15. The number of nitrogens with one attached hydrogen (secondary N) is 2. The molecule has 1 aromatic heterocycles.